The molecule has 0 N–H and O–H groups in total. The molecular weight excluding hydrogens is 382 g/mol. The summed E-state index contributed by atoms with van der Waals surface area (Å²) in [6, 6.07) is 7.43. The standard InChI is InChI=1S/C21H28ClNO5/c1-3-28-20(26)21(14-16-7-4-8-17(22)13-16)11-6-12-23(15-21)18(24)9-5-10-19(25)27-2/h4,7-8,13H,3,5-6,9-12,14-15H2,1-2H3. The average Bonchev–Trinajstić information content (AvgIpc) is 2.68. The van der Waals surface area contributed by atoms with Crippen molar-refractivity contribution in [3.63, 3.8) is 0 Å². The number of likely N-dealkylation sites (tertiary alicyclic amines) is 1. The van der Waals surface area contributed by atoms with Crippen LogP contribution in [0.4, 0.5) is 0 Å². The molecular formula is C21H28ClNO5. The summed E-state index contributed by atoms with van der Waals surface area (Å²) in [6.45, 7) is 3.00. The fourth-order valence-electron chi connectivity index (χ4n) is 3.69. The number of amides is 1. The number of methoxy groups -OCH3 is 1. The number of piperidine rings is 1. The van der Waals surface area contributed by atoms with Gasteiger partial charge in [-0.25, -0.2) is 0 Å². The first-order valence-corrected chi connectivity index (χ1v) is 10.0. The number of halogens is 1. The molecule has 0 radical (unpaired) electrons. The maximum atomic E-state index is 12.9. The SMILES string of the molecule is CCOC(=O)C1(Cc2cccc(Cl)c2)CCCN(C(=O)CCCC(=O)OC)C1. The second-order valence-electron chi connectivity index (χ2n) is 7.16. The van der Waals surface area contributed by atoms with E-state index in [1.165, 1.54) is 7.11 Å². The van der Waals surface area contributed by atoms with Crippen LogP contribution in [-0.4, -0.2) is 49.6 Å². The minimum absolute atomic E-state index is 0.0524. The monoisotopic (exact) mass is 409 g/mol. The summed E-state index contributed by atoms with van der Waals surface area (Å²) in [5.41, 5.74) is 0.164. The van der Waals surface area contributed by atoms with Gasteiger partial charge in [-0.2, -0.15) is 0 Å². The Morgan fingerprint density at radius 1 is 1.25 bits per heavy atom. The van der Waals surface area contributed by atoms with Crippen LogP contribution in [0.1, 0.15) is 44.6 Å². The number of carbonyl (C=O) groups is 3. The Hall–Kier alpha value is -2.08. The highest BCUT2D eigenvalue weighted by Gasteiger charge is 2.44. The van der Waals surface area contributed by atoms with Crippen molar-refractivity contribution in [1.29, 1.82) is 0 Å². The second kappa shape index (κ2) is 10.5. The lowest BCUT2D eigenvalue weighted by Crippen LogP contribution is -2.51. The zero-order valence-electron chi connectivity index (χ0n) is 16.5. The van der Waals surface area contributed by atoms with Crippen LogP contribution < -0.4 is 0 Å². The van der Waals surface area contributed by atoms with Gasteiger partial charge in [-0.15, -0.1) is 0 Å². The van der Waals surface area contributed by atoms with Gasteiger partial charge in [-0.05, 0) is 50.3 Å². The zero-order valence-corrected chi connectivity index (χ0v) is 17.3. The van der Waals surface area contributed by atoms with Gasteiger partial charge in [0.1, 0.15) is 0 Å². The molecule has 0 aliphatic carbocycles. The molecule has 1 fully saturated rings. The molecule has 2 rings (SSSR count). The fourth-order valence-corrected chi connectivity index (χ4v) is 3.91. The molecule has 1 heterocycles. The van der Waals surface area contributed by atoms with Gasteiger partial charge >= 0.3 is 11.9 Å². The summed E-state index contributed by atoms with van der Waals surface area (Å²) < 4.78 is 9.98. The number of ether oxygens (including phenoxy) is 2. The highest BCUT2D eigenvalue weighted by Crippen LogP contribution is 2.36. The number of benzene rings is 1. The van der Waals surface area contributed by atoms with Crippen LogP contribution in [0, 0.1) is 5.41 Å². The van der Waals surface area contributed by atoms with Crippen LogP contribution in [0.2, 0.25) is 5.02 Å². The fraction of sp³-hybridized carbons (Fsp3) is 0.571. The van der Waals surface area contributed by atoms with Gasteiger partial charge in [0.25, 0.3) is 0 Å². The van der Waals surface area contributed by atoms with Crippen LogP contribution in [-0.2, 0) is 30.3 Å². The third-order valence-corrected chi connectivity index (χ3v) is 5.30. The molecule has 154 valence electrons. The molecule has 1 amide bonds. The maximum Gasteiger partial charge on any atom is 0.314 e. The molecule has 1 saturated heterocycles. The molecule has 1 aromatic carbocycles. The quantitative estimate of drug-likeness (QED) is 0.615. The van der Waals surface area contributed by atoms with Crippen LogP contribution in [0.3, 0.4) is 0 Å². The summed E-state index contributed by atoms with van der Waals surface area (Å²) in [4.78, 5) is 38.5. The molecule has 0 aromatic heterocycles. The van der Waals surface area contributed by atoms with E-state index in [1.54, 1.807) is 17.9 Å². The van der Waals surface area contributed by atoms with E-state index in [1.807, 2.05) is 18.2 Å². The lowest BCUT2D eigenvalue weighted by molar-refractivity contribution is -0.160. The Kier molecular flexibility index (Phi) is 8.30. The number of hydrogen-bond donors (Lipinski definition) is 0. The Balaban J connectivity index is 2.12. The number of carbonyl (C=O) groups excluding carboxylic acids is 3. The third kappa shape index (κ3) is 5.96. The van der Waals surface area contributed by atoms with Gasteiger partial charge < -0.3 is 14.4 Å². The number of nitrogens with zero attached hydrogens (tertiary/aromatic N) is 1. The largest absolute Gasteiger partial charge is 0.469 e. The highest BCUT2D eigenvalue weighted by molar-refractivity contribution is 6.30. The Morgan fingerprint density at radius 3 is 2.71 bits per heavy atom. The van der Waals surface area contributed by atoms with E-state index in [0.717, 1.165) is 12.0 Å². The van der Waals surface area contributed by atoms with Crippen molar-refractivity contribution >= 4 is 29.4 Å². The van der Waals surface area contributed by atoms with Crippen molar-refractivity contribution in [2.45, 2.75) is 45.4 Å². The maximum absolute atomic E-state index is 12.9. The van der Waals surface area contributed by atoms with Crippen LogP contribution in [0.5, 0.6) is 0 Å². The van der Waals surface area contributed by atoms with Crippen LogP contribution in [0.25, 0.3) is 0 Å². The minimum atomic E-state index is -0.781. The molecule has 0 saturated carbocycles. The van der Waals surface area contributed by atoms with Crippen molar-refractivity contribution in [2.24, 2.45) is 5.41 Å². The summed E-state index contributed by atoms with van der Waals surface area (Å²) in [5, 5.41) is 0.614. The first kappa shape index (κ1) is 22.2. The Morgan fingerprint density at radius 2 is 2.04 bits per heavy atom. The van der Waals surface area contributed by atoms with Crippen molar-refractivity contribution in [3.05, 3.63) is 34.9 Å². The van der Waals surface area contributed by atoms with E-state index in [9.17, 15) is 14.4 Å². The summed E-state index contributed by atoms with van der Waals surface area (Å²) >= 11 is 6.10. The smallest absolute Gasteiger partial charge is 0.314 e. The first-order chi connectivity index (χ1) is 13.4. The van der Waals surface area contributed by atoms with Crippen molar-refractivity contribution < 1.29 is 23.9 Å². The predicted molar refractivity (Wildman–Crippen MR) is 106 cm³/mol. The first-order valence-electron chi connectivity index (χ1n) is 9.66. The number of rotatable bonds is 8. The number of hydrogen-bond acceptors (Lipinski definition) is 5. The Bertz CT molecular complexity index is 708. The van der Waals surface area contributed by atoms with Gasteiger partial charge in [-0.3, -0.25) is 14.4 Å². The van der Waals surface area contributed by atoms with Gasteiger partial charge in [0.05, 0.1) is 19.1 Å². The lowest BCUT2D eigenvalue weighted by Gasteiger charge is -2.41. The molecule has 1 aliphatic heterocycles. The van der Waals surface area contributed by atoms with E-state index in [-0.39, 0.29) is 30.7 Å². The summed E-state index contributed by atoms with van der Waals surface area (Å²) in [5.74, 6) is -0.654. The average molecular weight is 410 g/mol. The topological polar surface area (TPSA) is 72.9 Å². The van der Waals surface area contributed by atoms with E-state index in [2.05, 4.69) is 4.74 Å². The molecule has 7 heteroatoms. The molecule has 0 bridgehead atoms. The van der Waals surface area contributed by atoms with E-state index in [4.69, 9.17) is 16.3 Å². The molecule has 6 nitrogen and oxygen atoms in total. The van der Waals surface area contributed by atoms with Crippen LogP contribution >= 0.6 is 11.6 Å². The molecule has 1 atom stereocenters. The molecule has 1 aliphatic rings. The molecule has 0 spiro atoms. The van der Waals surface area contributed by atoms with E-state index >= 15 is 0 Å². The predicted octanol–water partition coefficient (Wildman–Crippen LogP) is 3.40. The second-order valence-corrected chi connectivity index (χ2v) is 7.59. The Labute approximate surface area is 171 Å². The van der Waals surface area contributed by atoms with Crippen molar-refractivity contribution in [3.8, 4) is 0 Å². The van der Waals surface area contributed by atoms with E-state index in [0.29, 0.717) is 44.0 Å². The third-order valence-electron chi connectivity index (χ3n) is 5.07. The van der Waals surface area contributed by atoms with Crippen molar-refractivity contribution in [2.75, 3.05) is 26.8 Å². The normalized spacial score (nSPS) is 19.2. The molecule has 1 aromatic rings. The number of esters is 2. The highest BCUT2D eigenvalue weighted by atomic mass is 35.5. The lowest BCUT2D eigenvalue weighted by atomic mass is 9.75. The summed E-state index contributed by atoms with van der Waals surface area (Å²) in [7, 11) is 1.33. The van der Waals surface area contributed by atoms with Crippen molar-refractivity contribution in [1.82, 2.24) is 4.90 Å². The molecule has 28 heavy (non-hydrogen) atoms. The zero-order chi connectivity index (χ0) is 20.6. The van der Waals surface area contributed by atoms with Gasteiger partial charge in [0, 0.05) is 31.0 Å². The van der Waals surface area contributed by atoms with Gasteiger partial charge in [0.15, 0.2) is 0 Å². The van der Waals surface area contributed by atoms with Gasteiger partial charge in [0.2, 0.25) is 5.91 Å². The minimum Gasteiger partial charge on any atom is -0.469 e. The molecule has 1 unspecified atom stereocenters. The van der Waals surface area contributed by atoms with Crippen LogP contribution in [0.15, 0.2) is 24.3 Å². The van der Waals surface area contributed by atoms with Gasteiger partial charge in [-0.1, -0.05) is 23.7 Å². The van der Waals surface area contributed by atoms with E-state index < -0.39 is 5.41 Å². The summed E-state index contributed by atoms with van der Waals surface area (Å²) in [6.07, 6.45) is 2.75.